The van der Waals surface area contributed by atoms with Crippen LogP contribution in [0, 0.1) is 0 Å². The van der Waals surface area contributed by atoms with E-state index < -0.39 is 0 Å². The van der Waals surface area contributed by atoms with Crippen molar-refractivity contribution in [1.29, 1.82) is 0 Å². The van der Waals surface area contributed by atoms with E-state index in [9.17, 15) is 9.59 Å². The van der Waals surface area contributed by atoms with Crippen molar-refractivity contribution in [2.24, 2.45) is 0 Å². The van der Waals surface area contributed by atoms with E-state index in [0.717, 1.165) is 27.4 Å². The Balaban J connectivity index is 1.76. The molecule has 4 nitrogen and oxygen atoms in total. The monoisotopic (exact) mass is 463 g/mol. The van der Waals surface area contributed by atoms with Gasteiger partial charge in [-0.15, -0.1) is 0 Å². The van der Waals surface area contributed by atoms with E-state index in [1.165, 1.54) is 4.90 Å². The van der Waals surface area contributed by atoms with E-state index in [-0.39, 0.29) is 17.7 Å². The molecule has 1 fully saturated rings. The minimum Gasteiger partial charge on any atom is -0.488 e. The molecule has 1 heterocycles. The molecule has 0 atom stereocenters. The van der Waals surface area contributed by atoms with Crippen molar-refractivity contribution < 1.29 is 14.3 Å². The molecular formula is C20H15BrClNO3S. The summed E-state index contributed by atoms with van der Waals surface area (Å²) < 4.78 is 6.37. The van der Waals surface area contributed by atoms with Gasteiger partial charge in [-0.25, -0.2) is 0 Å². The van der Waals surface area contributed by atoms with Gasteiger partial charge in [0.1, 0.15) is 12.4 Å². The Bertz CT molecular complexity index is 927. The molecule has 0 N–H and O–H groups in total. The molecule has 0 saturated carbocycles. The SMILES string of the molecule is C=CCOc1ccc(/C=C2\SC(=O)N(Cc3ccc(Br)cc3)C2=O)cc1Cl. The maximum Gasteiger partial charge on any atom is 0.293 e. The highest BCUT2D eigenvalue weighted by atomic mass is 79.9. The number of hydrogen-bond acceptors (Lipinski definition) is 4. The maximum atomic E-state index is 12.6. The Labute approximate surface area is 175 Å². The van der Waals surface area contributed by atoms with Gasteiger partial charge in [-0.05, 0) is 53.2 Å². The Hall–Kier alpha value is -2.02. The van der Waals surface area contributed by atoms with Gasteiger partial charge in [0.25, 0.3) is 11.1 Å². The number of carbonyl (C=O) groups is 2. The van der Waals surface area contributed by atoms with Gasteiger partial charge in [0.15, 0.2) is 0 Å². The lowest BCUT2D eigenvalue weighted by molar-refractivity contribution is -0.123. The number of benzene rings is 2. The molecule has 1 saturated heterocycles. The predicted octanol–water partition coefficient (Wildman–Crippen LogP) is 5.90. The molecule has 0 radical (unpaired) electrons. The summed E-state index contributed by atoms with van der Waals surface area (Å²) in [5, 5.41) is 0.144. The molecular weight excluding hydrogens is 450 g/mol. The van der Waals surface area contributed by atoms with Gasteiger partial charge >= 0.3 is 0 Å². The lowest BCUT2D eigenvalue weighted by Crippen LogP contribution is -2.27. The summed E-state index contributed by atoms with van der Waals surface area (Å²) in [5.74, 6) is 0.230. The number of amides is 2. The van der Waals surface area contributed by atoms with Crippen LogP contribution in [0.4, 0.5) is 4.79 Å². The first-order valence-corrected chi connectivity index (χ1v) is 9.99. The second-order valence-electron chi connectivity index (χ2n) is 5.68. The third-order valence-corrected chi connectivity index (χ3v) is 5.47. The molecule has 3 rings (SSSR count). The number of halogens is 2. The quantitative estimate of drug-likeness (QED) is 0.394. The summed E-state index contributed by atoms with van der Waals surface area (Å²) >= 11 is 10.5. The number of rotatable bonds is 6. The van der Waals surface area contributed by atoms with Crippen LogP contribution in [0.1, 0.15) is 11.1 Å². The molecule has 0 unspecified atom stereocenters. The highest BCUT2D eigenvalue weighted by Gasteiger charge is 2.34. The van der Waals surface area contributed by atoms with Crippen LogP contribution >= 0.6 is 39.3 Å². The van der Waals surface area contributed by atoms with Crippen LogP contribution in [0.3, 0.4) is 0 Å². The van der Waals surface area contributed by atoms with E-state index in [4.69, 9.17) is 16.3 Å². The first kappa shape index (κ1) is 19.7. The summed E-state index contributed by atoms with van der Waals surface area (Å²) in [7, 11) is 0. The van der Waals surface area contributed by atoms with Crippen molar-refractivity contribution in [2.45, 2.75) is 6.54 Å². The fraction of sp³-hybridized carbons (Fsp3) is 0.100. The van der Waals surface area contributed by atoms with E-state index in [2.05, 4.69) is 22.5 Å². The van der Waals surface area contributed by atoms with Crippen LogP contribution in [-0.2, 0) is 11.3 Å². The molecule has 27 heavy (non-hydrogen) atoms. The minimum atomic E-state index is -0.309. The Morgan fingerprint density at radius 2 is 1.93 bits per heavy atom. The summed E-state index contributed by atoms with van der Waals surface area (Å²) in [6.07, 6.45) is 3.29. The molecule has 0 bridgehead atoms. The van der Waals surface area contributed by atoms with Crippen molar-refractivity contribution in [2.75, 3.05) is 6.61 Å². The van der Waals surface area contributed by atoms with Gasteiger partial charge in [0.2, 0.25) is 0 Å². The van der Waals surface area contributed by atoms with Gasteiger partial charge in [-0.2, -0.15) is 0 Å². The van der Waals surface area contributed by atoms with E-state index >= 15 is 0 Å². The van der Waals surface area contributed by atoms with Gasteiger partial charge < -0.3 is 4.74 Å². The minimum absolute atomic E-state index is 0.240. The summed E-state index contributed by atoms with van der Waals surface area (Å²) in [6.45, 7) is 4.19. The largest absolute Gasteiger partial charge is 0.488 e. The van der Waals surface area contributed by atoms with Crippen molar-refractivity contribution in [3.63, 3.8) is 0 Å². The standard InChI is InChI=1S/C20H15BrClNO3S/c1-2-9-26-17-8-5-14(10-16(17)22)11-18-19(24)23(20(25)27-18)12-13-3-6-15(21)7-4-13/h2-8,10-11H,1,9,12H2/b18-11-. The number of thioether (sulfide) groups is 1. The Kier molecular flexibility index (Phi) is 6.42. The molecule has 2 aromatic rings. The number of hydrogen-bond donors (Lipinski definition) is 0. The Morgan fingerprint density at radius 3 is 2.59 bits per heavy atom. The molecule has 138 valence electrons. The molecule has 1 aliphatic heterocycles. The van der Waals surface area contributed by atoms with Crippen molar-refractivity contribution >= 4 is 56.5 Å². The van der Waals surface area contributed by atoms with Crippen LogP contribution in [0.15, 0.2) is 64.5 Å². The highest BCUT2D eigenvalue weighted by Crippen LogP contribution is 2.34. The fourth-order valence-corrected chi connectivity index (χ4v) is 3.78. The molecule has 2 amide bonds. The highest BCUT2D eigenvalue weighted by molar-refractivity contribution is 9.10. The number of nitrogens with zero attached hydrogens (tertiary/aromatic N) is 1. The smallest absolute Gasteiger partial charge is 0.293 e. The zero-order valence-electron chi connectivity index (χ0n) is 14.2. The van der Waals surface area contributed by atoms with Crippen LogP contribution in [0.25, 0.3) is 6.08 Å². The second-order valence-corrected chi connectivity index (χ2v) is 8.00. The average Bonchev–Trinajstić information content (AvgIpc) is 2.90. The van der Waals surface area contributed by atoms with Crippen molar-refractivity contribution in [3.8, 4) is 5.75 Å². The van der Waals surface area contributed by atoms with E-state index in [1.807, 2.05) is 24.3 Å². The number of imide groups is 1. The lowest BCUT2D eigenvalue weighted by atomic mass is 10.2. The van der Waals surface area contributed by atoms with E-state index in [0.29, 0.717) is 22.3 Å². The summed E-state index contributed by atoms with van der Waals surface area (Å²) in [6, 6.07) is 12.7. The van der Waals surface area contributed by atoms with Gasteiger partial charge in [-0.3, -0.25) is 14.5 Å². The zero-order valence-corrected chi connectivity index (χ0v) is 17.3. The topological polar surface area (TPSA) is 46.6 Å². The fourth-order valence-electron chi connectivity index (χ4n) is 2.43. The predicted molar refractivity (Wildman–Crippen MR) is 113 cm³/mol. The normalized spacial score (nSPS) is 15.5. The average molecular weight is 465 g/mol. The first-order chi connectivity index (χ1) is 13.0. The molecule has 0 aromatic heterocycles. The molecule has 0 aliphatic carbocycles. The Morgan fingerprint density at radius 1 is 1.19 bits per heavy atom. The van der Waals surface area contributed by atoms with Crippen LogP contribution in [0.5, 0.6) is 5.75 Å². The summed E-state index contributed by atoms with van der Waals surface area (Å²) in [4.78, 5) is 26.5. The van der Waals surface area contributed by atoms with Gasteiger partial charge in [-0.1, -0.05) is 58.4 Å². The zero-order chi connectivity index (χ0) is 19.4. The summed E-state index contributed by atoms with van der Waals surface area (Å²) in [5.41, 5.74) is 1.61. The van der Waals surface area contributed by atoms with Crippen LogP contribution in [0.2, 0.25) is 5.02 Å². The number of carbonyl (C=O) groups excluding carboxylic acids is 2. The first-order valence-electron chi connectivity index (χ1n) is 8.01. The van der Waals surface area contributed by atoms with Crippen LogP contribution < -0.4 is 4.74 Å². The van der Waals surface area contributed by atoms with Gasteiger partial charge in [0.05, 0.1) is 16.5 Å². The third kappa shape index (κ3) is 4.83. The van der Waals surface area contributed by atoms with Crippen LogP contribution in [-0.4, -0.2) is 22.7 Å². The maximum absolute atomic E-state index is 12.6. The second kappa shape index (κ2) is 8.78. The van der Waals surface area contributed by atoms with Crippen molar-refractivity contribution in [1.82, 2.24) is 4.90 Å². The molecule has 0 spiro atoms. The molecule has 7 heteroatoms. The van der Waals surface area contributed by atoms with Crippen molar-refractivity contribution in [3.05, 3.63) is 80.6 Å². The molecule has 2 aromatic carbocycles. The third-order valence-electron chi connectivity index (χ3n) is 3.74. The number of ether oxygens (including phenoxy) is 1. The molecule has 1 aliphatic rings. The van der Waals surface area contributed by atoms with Gasteiger partial charge in [0, 0.05) is 4.47 Å². The van der Waals surface area contributed by atoms with E-state index in [1.54, 1.807) is 30.4 Å². The lowest BCUT2D eigenvalue weighted by Gasteiger charge is -2.12.